The third-order valence-corrected chi connectivity index (χ3v) is 5.09. The highest BCUT2D eigenvalue weighted by Crippen LogP contribution is 2.12. The first-order valence-corrected chi connectivity index (χ1v) is 9.86. The number of rotatable bonds is 9. The molecule has 2 fully saturated rings. The monoisotopic (exact) mass is 388 g/mol. The van der Waals surface area contributed by atoms with Crippen molar-refractivity contribution in [1.29, 1.82) is 0 Å². The molecule has 0 aliphatic carbocycles. The van der Waals surface area contributed by atoms with Gasteiger partial charge in [-0.05, 0) is 18.4 Å². The van der Waals surface area contributed by atoms with E-state index >= 15 is 0 Å². The van der Waals surface area contributed by atoms with Gasteiger partial charge in [-0.2, -0.15) is 0 Å². The summed E-state index contributed by atoms with van der Waals surface area (Å²) in [6.07, 6.45) is 1.15. The van der Waals surface area contributed by atoms with Crippen LogP contribution in [0.3, 0.4) is 0 Å². The van der Waals surface area contributed by atoms with Gasteiger partial charge >= 0.3 is 6.03 Å². The number of hydrogen-bond donors (Lipinski definition) is 2. The van der Waals surface area contributed by atoms with E-state index in [1.54, 1.807) is 0 Å². The molecule has 2 aliphatic heterocycles. The molecule has 28 heavy (non-hydrogen) atoms. The zero-order chi connectivity index (χ0) is 19.8. The Morgan fingerprint density at radius 1 is 1.14 bits per heavy atom. The van der Waals surface area contributed by atoms with Crippen LogP contribution in [0.2, 0.25) is 0 Å². The van der Waals surface area contributed by atoms with Gasteiger partial charge in [-0.15, -0.1) is 0 Å². The first-order valence-electron chi connectivity index (χ1n) is 9.86. The number of carbonyl (C=O) groups excluding carboxylic acids is 3. The zero-order valence-electron chi connectivity index (χ0n) is 16.1. The maximum Gasteiger partial charge on any atom is 0.324 e. The van der Waals surface area contributed by atoms with Crippen LogP contribution in [0.5, 0.6) is 0 Å². The predicted molar refractivity (Wildman–Crippen MR) is 104 cm³/mol. The molecule has 152 valence electrons. The fraction of sp³-hybridized carbons (Fsp3) is 0.550. The number of nitrogens with one attached hydrogen (secondary N) is 2. The highest BCUT2D eigenvalue weighted by atomic mass is 16.5. The quantitative estimate of drug-likeness (QED) is 0.597. The molecule has 0 spiro atoms. The molecular formula is C20H28N4O4. The van der Waals surface area contributed by atoms with E-state index in [1.165, 1.54) is 4.90 Å². The fourth-order valence-corrected chi connectivity index (χ4v) is 3.41. The Morgan fingerprint density at radius 2 is 1.89 bits per heavy atom. The number of morpholine rings is 1. The standard InChI is InChI=1S/C20H28N4O4/c25-18(21-9-11-23-12-14-28-15-13-23)7-6-17-19(26)24(20(27)22-17)10-8-16-4-2-1-3-5-16/h1-5,17H,6-15H2,(H,21,25)(H,22,27). The third kappa shape index (κ3) is 5.77. The summed E-state index contributed by atoms with van der Waals surface area (Å²) in [7, 11) is 0. The molecule has 2 heterocycles. The van der Waals surface area contributed by atoms with Gasteiger partial charge in [-0.1, -0.05) is 30.3 Å². The predicted octanol–water partition coefficient (Wildman–Crippen LogP) is 0.378. The Bertz CT molecular complexity index is 676. The maximum absolute atomic E-state index is 12.5. The number of hydrogen-bond acceptors (Lipinski definition) is 5. The summed E-state index contributed by atoms with van der Waals surface area (Å²) in [4.78, 5) is 40.1. The lowest BCUT2D eigenvalue weighted by Gasteiger charge is -2.26. The fourth-order valence-electron chi connectivity index (χ4n) is 3.41. The van der Waals surface area contributed by atoms with Gasteiger partial charge < -0.3 is 15.4 Å². The molecule has 1 atom stereocenters. The van der Waals surface area contributed by atoms with Crippen molar-refractivity contribution in [2.24, 2.45) is 0 Å². The van der Waals surface area contributed by atoms with Crippen LogP contribution in [0.1, 0.15) is 18.4 Å². The van der Waals surface area contributed by atoms with Gasteiger partial charge in [-0.25, -0.2) is 4.79 Å². The summed E-state index contributed by atoms with van der Waals surface area (Å²) < 4.78 is 5.29. The summed E-state index contributed by atoms with van der Waals surface area (Å²) in [6, 6.07) is 8.74. The highest BCUT2D eigenvalue weighted by Gasteiger charge is 2.37. The second kappa shape index (κ2) is 10.2. The average Bonchev–Trinajstić information content (AvgIpc) is 2.99. The molecular weight excluding hydrogens is 360 g/mol. The van der Waals surface area contributed by atoms with Gasteiger partial charge in [-0.3, -0.25) is 19.4 Å². The molecule has 1 aromatic carbocycles. The van der Waals surface area contributed by atoms with Crippen molar-refractivity contribution < 1.29 is 19.1 Å². The van der Waals surface area contributed by atoms with Crippen molar-refractivity contribution in [2.45, 2.75) is 25.3 Å². The molecule has 1 aromatic rings. The van der Waals surface area contributed by atoms with E-state index in [0.29, 0.717) is 25.9 Å². The Balaban J connectivity index is 1.35. The van der Waals surface area contributed by atoms with Crippen molar-refractivity contribution in [3.05, 3.63) is 35.9 Å². The second-order valence-electron chi connectivity index (χ2n) is 7.07. The van der Waals surface area contributed by atoms with Gasteiger partial charge in [0.2, 0.25) is 5.91 Å². The summed E-state index contributed by atoms with van der Waals surface area (Å²) in [6.45, 7) is 4.95. The highest BCUT2D eigenvalue weighted by molar-refractivity contribution is 6.04. The van der Waals surface area contributed by atoms with Gasteiger partial charge in [0.1, 0.15) is 6.04 Å². The van der Waals surface area contributed by atoms with E-state index in [0.717, 1.165) is 38.4 Å². The SMILES string of the molecule is O=C(CCC1NC(=O)N(CCc2ccccc2)C1=O)NCCN1CCOCC1. The van der Waals surface area contributed by atoms with E-state index in [-0.39, 0.29) is 24.3 Å². The lowest BCUT2D eigenvalue weighted by Crippen LogP contribution is -2.41. The maximum atomic E-state index is 12.5. The van der Waals surface area contributed by atoms with E-state index < -0.39 is 6.04 Å². The summed E-state index contributed by atoms with van der Waals surface area (Å²) in [5, 5.41) is 5.57. The Hall–Kier alpha value is -2.45. The van der Waals surface area contributed by atoms with Crippen LogP contribution in [0.25, 0.3) is 0 Å². The first kappa shape index (κ1) is 20.3. The van der Waals surface area contributed by atoms with E-state index in [9.17, 15) is 14.4 Å². The van der Waals surface area contributed by atoms with Crippen molar-refractivity contribution in [1.82, 2.24) is 20.4 Å². The van der Waals surface area contributed by atoms with Gasteiger partial charge in [0.15, 0.2) is 0 Å². The molecule has 1 unspecified atom stereocenters. The van der Waals surface area contributed by atoms with Crippen molar-refractivity contribution >= 4 is 17.8 Å². The normalized spacial score (nSPS) is 20.3. The Kier molecular flexibility index (Phi) is 7.39. The second-order valence-corrected chi connectivity index (χ2v) is 7.07. The molecule has 2 saturated heterocycles. The minimum atomic E-state index is -0.617. The van der Waals surface area contributed by atoms with E-state index in [2.05, 4.69) is 15.5 Å². The van der Waals surface area contributed by atoms with Crippen molar-refractivity contribution in [3.63, 3.8) is 0 Å². The van der Waals surface area contributed by atoms with Crippen LogP contribution in [0.15, 0.2) is 30.3 Å². The molecule has 0 saturated carbocycles. The van der Waals surface area contributed by atoms with Gasteiger partial charge in [0.25, 0.3) is 5.91 Å². The number of nitrogens with zero attached hydrogens (tertiary/aromatic N) is 2. The number of ether oxygens (including phenoxy) is 1. The van der Waals surface area contributed by atoms with Crippen LogP contribution in [0.4, 0.5) is 4.79 Å². The molecule has 8 nitrogen and oxygen atoms in total. The molecule has 0 aromatic heterocycles. The average molecular weight is 388 g/mol. The summed E-state index contributed by atoms with van der Waals surface area (Å²) in [5.74, 6) is -0.347. The van der Waals surface area contributed by atoms with Gasteiger partial charge in [0.05, 0.1) is 13.2 Å². The number of amides is 4. The molecule has 4 amide bonds. The molecule has 8 heteroatoms. The number of imide groups is 1. The third-order valence-electron chi connectivity index (χ3n) is 5.09. The number of benzene rings is 1. The topological polar surface area (TPSA) is 91.0 Å². The van der Waals surface area contributed by atoms with Crippen molar-refractivity contribution in [2.75, 3.05) is 45.9 Å². The van der Waals surface area contributed by atoms with Crippen LogP contribution >= 0.6 is 0 Å². The van der Waals surface area contributed by atoms with Crippen LogP contribution in [0, 0.1) is 0 Å². The molecule has 2 aliphatic rings. The van der Waals surface area contributed by atoms with Crippen molar-refractivity contribution in [3.8, 4) is 0 Å². The molecule has 0 radical (unpaired) electrons. The van der Waals surface area contributed by atoms with E-state index in [1.807, 2.05) is 30.3 Å². The lowest BCUT2D eigenvalue weighted by atomic mass is 10.1. The summed E-state index contributed by atoms with van der Waals surface area (Å²) in [5.41, 5.74) is 1.08. The summed E-state index contributed by atoms with van der Waals surface area (Å²) >= 11 is 0. The van der Waals surface area contributed by atoms with Crippen LogP contribution in [-0.4, -0.2) is 79.6 Å². The largest absolute Gasteiger partial charge is 0.379 e. The smallest absolute Gasteiger partial charge is 0.324 e. The van der Waals surface area contributed by atoms with Crippen LogP contribution < -0.4 is 10.6 Å². The number of urea groups is 1. The molecule has 3 rings (SSSR count). The zero-order valence-corrected chi connectivity index (χ0v) is 16.1. The molecule has 2 N–H and O–H groups in total. The van der Waals surface area contributed by atoms with Crippen LogP contribution in [-0.2, 0) is 20.7 Å². The Morgan fingerprint density at radius 3 is 2.64 bits per heavy atom. The van der Waals surface area contributed by atoms with Gasteiger partial charge in [0, 0.05) is 39.1 Å². The molecule has 0 bridgehead atoms. The lowest BCUT2D eigenvalue weighted by molar-refractivity contribution is -0.127. The number of carbonyl (C=O) groups is 3. The minimum absolute atomic E-state index is 0.0990. The minimum Gasteiger partial charge on any atom is -0.379 e. The van der Waals surface area contributed by atoms with E-state index in [4.69, 9.17) is 4.74 Å². The first-order chi connectivity index (χ1) is 13.6. The Labute approximate surface area is 165 Å².